The monoisotopic (exact) mass is 407 g/mol. The Morgan fingerprint density at radius 1 is 1.43 bits per heavy atom. The molecule has 1 atom stereocenters. The third-order valence-corrected chi connectivity index (χ3v) is 3.24. The van der Waals surface area contributed by atoms with E-state index in [1.165, 1.54) is 31.2 Å². The summed E-state index contributed by atoms with van der Waals surface area (Å²) in [6, 6.07) is 0.458. The van der Waals surface area contributed by atoms with E-state index >= 15 is 0 Å². The van der Waals surface area contributed by atoms with Crippen molar-refractivity contribution >= 4 is 29.9 Å². The van der Waals surface area contributed by atoms with Crippen molar-refractivity contribution in [3.63, 3.8) is 0 Å². The molecule has 2 N–H and O–H groups in total. The second-order valence-corrected chi connectivity index (χ2v) is 5.32. The van der Waals surface area contributed by atoms with Crippen LogP contribution in [0.4, 0.5) is 0 Å². The van der Waals surface area contributed by atoms with Crippen molar-refractivity contribution in [3.8, 4) is 0 Å². The number of aryl methyl sites for hydroxylation is 1. The predicted octanol–water partition coefficient (Wildman–Crippen LogP) is 2.94. The summed E-state index contributed by atoms with van der Waals surface area (Å²) < 4.78 is 1.94. The molecular weight excluding hydrogens is 377 g/mol. The van der Waals surface area contributed by atoms with Crippen LogP contribution in [0, 0.1) is 6.92 Å². The van der Waals surface area contributed by atoms with E-state index in [9.17, 15) is 0 Å². The van der Waals surface area contributed by atoms with Crippen molar-refractivity contribution < 1.29 is 0 Å². The molecule has 0 aliphatic heterocycles. The molecule has 1 rings (SSSR count). The lowest BCUT2D eigenvalue weighted by Gasteiger charge is -2.17. The van der Waals surface area contributed by atoms with E-state index in [0.29, 0.717) is 6.04 Å². The van der Waals surface area contributed by atoms with Gasteiger partial charge >= 0.3 is 0 Å². The number of nitrogens with one attached hydrogen (secondary N) is 2. The van der Waals surface area contributed by atoms with Gasteiger partial charge in [-0.15, -0.1) is 24.0 Å². The molecule has 1 aromatic heterocycles. The first kappa shape index (κ1) is 20.2. The Bertz CT molecular complexity index is 403. The third-order valence-electron chi connectivity index (χ3n) is 3.24. The highest BCUT2D eigenvalue weighted by Crippen LogP contribution is 2.02. The standard InChI is InChI=1S/C15H29N5.HI/c1-5-6-7-8-14(3)19-15(16-4)17-9-10-20-12-13(2)11-18-20;/h11-12,14H,5-10H2,1-4H3,(H2,16,17,19);1H. The molecule has 1 aromatic rings. The zero-order chi connectivity index (χ0) is 14.8. The molecule has 0 spiro atoms. The van der Waals surface area contributed by atoms with Crippen molar-refractivity contribution in [2.75, 3.05) is 13.6 Å². The molecule has 0 saturated heterocycles. The van der Waals surface area contributed by atoms with Crippen molar-refractivity contribution in [2.24, 2.45) is 4.99 Å². The van der Waals surface area contributed by atoms with E-state index in [4.69, 9.17) is 0 Å². The van der Waals surface area contributed by atoms with Gasteiger partial charge in [0.15, 0.2) is 5.96 Å². The van der Waals surface area contributed by atoms with Crippen LogP contribution in [0.5, 0.6) is 0 Å². The zero-order valence-electron chi connectivity index (χ0n) is 13.7. The largest absolute Gasteiger partial charge is 0.355 e. The smallest absolute Gasteiger partial charge is 0.191 e. The van der Waals surface area contributed by atoms with Gasteiger partial charge in [-0.05, 0) is 25.8 Å². The minimum Gasteiger partial charge on any atom is -0.355 e. The Kier molecular flexibility index (Phi) is 11.4. The van der Waals surface area contributed by atoms with E-state index in [1.54, 1.807) is 0 Å². The average Bonchev–Trinajstić information content (AvgIpc) is 2.83. The van der Waals surface area contributed by atoms with Crippen LogP contribution < -0.4 is 10.6 Å². The normalized spacial score (nSPS) is 12.7. The maximum atomic E-state index is 4.27. The Morgan fingerprint density at radius 2 is 2.19 bits per heavy atom. The van der Waals surface area contributed by atoms with Crippen LogP contribution in [0.2, 0.25) is 0 Å². The Hall–Kier alpha value is -0.790. The van der Waals surface area contributed by atoms with Gasteiger partial charge in [0.1, 0.15) is 0 Å². The number of guanidine groups is 1. The molecular formula is C15H30IN5. The summed E-state index contributed by atoms with van der Waals surface area (Å²) in [5.41, 5.74) is 1.19. The molecule has 0 aliphatic rings. The molecule has 0 bridgehead atoms. The van der Waals surface area contributed by atoms with E-state index in [1.807, 2.05) is 24.1 Å². The fraction of sp³-hybridized carbons (Fsp3) is 0.733. The summed E-state index contributed by atoms with van der Waals surface area (Å²) in [4.78, 5) is 4.26. The van der Waals surface area contributed by atoms with Gasteiger partial charge in [-0.25, -0.2) is 0 Å². The fourth-order valence-electron chi connectivity index (χ4n) is 2.08. The molecule has 0 amide bonds. The second kappa shape index (κ2) is 11.8. The fourth-order valence-corrected chi connectivity index (χ4v) is 2.08. The quantitative estimate of drug-likeness (QED) is 0.302. The molecule has 0 saturated carbocycles. The first-order valence-corrected chi connectivity index (χ1v) is 7.62. The molecule has 1 heterocycles. The van der Waals surface area contributed by atoms with Crippen LogP contribution >= 0.6 is 24.0 Å². The Morgan fingerprint density at radius 3 is 2.76 bits per heavy atom. The van der Waals surface area contributed by atoms with Gasteiger partial charge in [0, 0.05) is 25.8 Å². The number of nitrogens with zero attached hydrogens (tertiary/aromatic N) is 3. The Labute approximate surface area is 146 Å². The number of unbranched alkanes of at least 4 members (excludes halogenated alkanes) is 2. The molecule has 0 aromatic carbocycles. The lowest BCUT2D eigenvalue weighted by atomic mass is 10.1. The molecule has 21 heavy (non-hydrogen) atoms. The predicted molar refractivity (Wildman–Crippen MR) is 100 cm³/mol. The highest BCUT2D eigenvalue weighted by molar-refractivity contribution is 14.0. The molecule has 0 aliphatic carbocycles. The molecule has 122 valence electrons. The highest BCUT2D eigenvalue weighted by Gasteiger charge is 2.04. The van der Waals surface area contributed by atoms with Gasteiger partial charge in [-0.1, -0.05) is 26.2 Å². The lowest BCUT2D eigenvalue weighted by molar-refractivity contribution is 0.540. The minimum absolute atomic E-state index is 0. The van der Waals surface area contributed by atoms with Crippen LogP contribution in [0.3, 0.4) is 0 Å². The third kappa shape index (κ3) is 8.95. The SMILES string of the molecule is CCCCCC(C)NC(=NC)NCCn1cc(C)cn1.I. The van der Waals surface area contributed by atoms with E-state index in [-0.39, 0.29) is 24.0 Å². The average molecular weight is 407 g/mol. The van der Waals surface area contributed by atoms with E-state index in [2.05, 4.69) is 41.5 Å². The summed E-state index contributed by atoms with van der Waals surface area (Å²) in [5.74, 6) is 0.873. The van der Waals surface area contributed by atoms with Crippen LogP contribution in [0.15, 0.2) is 17.4 Å². The number of hydrogen-bond acceptors (Lipinski definition) is 2. The first-order valence-electron chi connectivity index (χ1n) is 7.62. The number of aliphatic imine (C=N–C) groups is 1. The van der Waals surface area contributed by atoms with Crippen LogP contribution in [-0.2, 0) is 6.54 Å². The van der Waals surface area contributed by atoms with Gasteiger partial charge < -0.3 is 10.6 Å². The van der Waals surface area contributed by atoms with Crippen molar-refractivity contribution in [2.45, 2.75) is 59.0 Å². The Balaban J connectivity index is 0.00000400. The lowest BCUT2D eigenvalue weighted by Crippen LogP contribution is -2.43. The van der Waals surface area contributed by atoms with Crippen molar-refractivity contribution in [1.29, 1.82) is 0 Å². The van der Waals surface area contributed by atoms with Gasteiger partial charge in [0.2, 0.25) is 0 Å². The molecule has 1 unspecified atom stereocenters. The first-order chi connectivity index (χ1) is 9.65. The number of rotatable bonds is 8. The van der Waals surface area contributed by atoms with Crippen LogP contribution in [0.25, 0.3) is 0 Å². The van der Waals surface area contributed by atoms with Crippen molar-refractivity contribution in [1.82, 2.24) is 20.4 Å². The number of halogens is 1. The van der Waals surface area contributed by atoms with Crippen LogP contribution in [-0.4, -0.2) is 35.4 Å². The minimum atomic E-state index is 0. The summed E-state index contributed by atoms with van der Waals surface area (Å²) in [6.45, 7) is 8.16. The maximum absolute atomic E-state index is 4.27. The van der Waals surface area contributed by atoms with E-state index < -0.39 is 0 Å². The zero-order valence-corrected chi connectivity index (χ0v) is 16.1. The van der Waals surface area contributed by atoms with Gasteiger partial charge in [-0.2, -0.15) is 5.10 Å². The number of hydrogen-bond donors (Lipinski definition) is 2. The molecule has 5 nitrogen and oxygen atoms in total. The maximum Gasteiger partial charge on any atom is 0.191 e. The van der Waals surface area contributed by atoms with Crippen molar-refractivity contribution in [3.05, 3.63) is 18.0 Å². The summed E-state index contributed by atoms with van der Waals surface area (Å²) in [5, 5.41) is 11.0. The second-order valence-electron chi connectivity index (χ2n) is 5.32. The highest BCUT2D eigenvalue weighted by atomic mass is 127. The van der Waals surface area contributed by atoms with Gasteiger partial charge in [0.25, 0.3) is 0 Å². The van der Waals surface area contributed by atoms with E-state index in [0.717, 1.165) is 19.0 Å². The summed E-state index contributed by atoms with van der Waals surface area (Å²) in [6.07, 6.45) is 8.95. The molecule has 6 heteroatoms. The van der Waals surface area contributed by atoms with Gasteiger partial charge in [0.05, 0.1) is 12.7 Å². The summed E-state index contributed by atoms with van der Waals surface area (Å²) in [7, 11) is 1.81. The van der Waals surface area contributed by atoms with Crippen LogP contribution in [0.1, 0.15) is 45.1 Å². The molecule has 0 radical (unpaired) electrons. The molecule has 0 fully saturated rings. The summed E-state index contributed by atoms with van der Waals surface area (Å²) >= 11 is 0. The van der Waals surface area contributed by atoms with Gasteiger partial charge in [-0.3, -0.25) is 9.67 Å². The number of aromatic nitrogens is 2. The topological polar surface area (TPSA) is 54.2 Å².